The smallest absolute Gasteiger partial charge is 0.145 e. The molecule has 92 valence electrons. The Labute approximate surface area is 110 Å². The maximum absolute atomic E-state index is 8.88. The van der Waals surface area contributed by atoms with Crippen LogP contribution in [0, 0.1) is 11.3 Å². The van der Waals surface area contributed by atoms with Crippen LogP contribution in [0.2, 0.25) is 0 Å². The molecule has 0 amide bonds. The molecule has 0 atom stereocenters. The molecule has 0 unspecified atom stereocenters. The molecule has 0 spiro atoms. The number of H-pyrrole nitrogens is 1. The molecular formula is C14H11N5. The van der Waals surface area contributed by atoms with E-state index < -0.39 is 0 Å². The van der Waals surface area contributed by atoms with Gasteiger partial charge in [-0.05, 0) is 6.07 Å². The summed E-state index contributed by atoms with van der Waals surface area (Å²) in [6, 6.07) is 11.7. The van der Waals surface area contributed by atoms with Crippen LogP contribution >= 0.6 is 0 Å². The Kier molecular flexibility index (Phi) is 2.62. The molecule has 5 nitrogen and oxygen atoms in total. The van der Waals surface area contributed by atoms with Crippen molar-refractivity contribution in [1.82, 2.24) is 15.0 Å². The van der Waals surface area contributed by atoms with E-state index in [9.17, 15) is 0 Å². The molecule has 3 aromatic rings. The van der Waals surface area contributed by atoms with Crippen LogP contribution in [0.3, 0.4) is 0 Å². The zero-order valence-corrected chi connectivity index (χ0v) is 10.3. The van der Waals surface area contributed by atoms with Crippen molar-refractivity contribution in [2.75, 3.05) is 11.9 Å². The highest BCUT2D eigenvalue weighted by Crippen LogP contribution is 2.29. The Hall–Kier alpha value is -2.87. The summed E-state index contributed by atoms with van der Waals surface area (Å²) in [7, 11) is 1.92. The second-order valence-electron chi connectivity index (χ2n) is 4.15. The van der Waals surface area contributed by atoms with E-state index in [1.54, 1.807) is 6.07 Å². The van der Waals surface area contributed by atoms with Gasteiger partial charge in [-0.25, -0.2) is 9.97 Å². The van der Waals surface area contributed by atoms with E-state index in [2.05, 4.69) is 15.0 Å². The van der Waals surface area contributed by atoms with Gasteiger partial charge in [0.15, 0.2) is 0 Å². The summed E-state index contributed by atoms with van der Waals surface area (Å²) < 4.78 is 0. The minimum Gasteiger partial charge on any atom is -0.359 e. The molecule has 3 rings (SSSR count). The molecule has 0 aliphatic heterocycles. The number of nitriles is 1. The minimum absolute atomic E-state index is 0.358. The minimum atomic E-state index is 0.358. The Bertz CT molecular complexity index is 769. The van der Waals surface area contributed by atoms with Gasteiger partial charge in [-0.3, -0.25) is 0 Å². The molecule has 0 aliphatic carbocycles. The zero-order valence-electron chi connectivity index (χ0n) is 10.3. The van der Waals surface area contributed by atoms with E-state index in [4.69, 9.17) is 5.26 Å². The van der Waals surface area contributed by atoms with Gasteiger partial charge < -0.3 is 9.88 Å². The van der Waals surface area contributed by atoms with Crippen LogP contribution in [-0.2, 0) is 0 Å². The highest BCUT2D eigenvalue weighted by molar-refractivity contribution is 5.94. The maximum Gasteiger partial charge on any atom is 0.145 e. The number of aromatic nitrogens is 3. The SMILES string of the molecule is CN(c1cc(C#N)ncn1)c1c[nH]c2ccccc12. The fraction of sp³-hybridized carbons (Fsp3) is 0.0714. The Morgan fingerprint density at radius 1 is 1.26 bits per heavy atom. The van der Waals surface area contributed by atoms with Crippen LogP contribution in [-0.4, -0.2) is 22.0 Å². The summed E-state index contributed by atoms with van der Waals surface area (Å²) in [5, 5.41) is 9.99. The number of para-hydroxylation sites is 1. The lowest BCUT2D eigenvalue weighted by atomic mass is 10.2. The van der Waals surface area contributed by atoms with Gasteiger partial charge in [0, 0.05) is 30.2 Å². The Morgan fingerprint density at radius 3 is 2.95 bits per heavy atom. The summed E-state index contributed by atoms with van der Waals surface area (Å²) in [5.41, 5.74) is 2.44. The van der Waals surface area contributed by atoms with Crippen molar-refractivity contribution < 1.29 is 0 Å². The fourth-order valence-electron chi connectivity index (χ4n) is 2.05. The molecule has 0 saturated carbocycles. The predicted molar refractivity (Wildman–Crippen MR) is 73.1 cm³/mol. The Balaban J connectivity index is 2.08. The number of hydrogen-bond acceptors (Lipinski definition) is 4. The topological polar surface area (TPSA) is 68.6 Å². The lowest BCUT2D eigenvalue weighted by Gasteiger charge is -2.16. The first kappa shape index (κ1) is 11.2. The second kappa shape index (κ2) is 4.42. The van der Waals surface area contributed by atoms with Gasteiger partial charge in [0.1, 0.15) is 23.9 Å². The van der Waals surface area contributed by atoms with Crippen molar-refractivity contribution in [3.8, 4) is 6.07 Å². The van der Waals surface area contributed by atoms with E-state index >= 15 is 0 Å². The number of rotatable bonds is 2. The third kappa shape index (κ3) is 1.89. The van der Waals surface area contributed by atoms with E-state index in [-0.39, 0.29) is 0 Å². The van der Waals surface area contributed by atoms with Crippen LogP contribution < -0.4 is 4.90 Å². The lowest BCUT2D eigenvalue weighted by Crippen LogP contribution is -2.11. The van der Waals surface area contributed by atoms with Crippen LogP contribution in [0.4, 0.5) is 11.5 Å². The molecule has 0 saturated heterocycles. The van der Waals surface area contributed by atoms with Crippen molar-refractivity contribution >= 4 is 22.4 Å². The van der Waals surface area contributed by atoms with Crippen LogP contribution in [0.1, 0.15) is 5.69 Å². The number of anilines is 2. The van der Waals surface area contributed by atoms with E-state index in [1.165, 1.54) is 6.33 Å². The van der Waals surface area contributed by atoms with Gasteiger partial charge in [0.25, 0.3) is 0 Å². The standard InChI is InChI=1S/C14H11N5/c1-19(14-6-10(7-15)17-9-18-14)13-8-16-12-5-3-2-4-11(12)13/h2-6,8-9,16H,1H3. The first-order valence-electron chi connectivity index (χ1n) is 5.81. The van der Waals surface area contributed by atoms with Crippen molar-refractivity contribution in [3.05, 3.63) is 48.5 Å². The first-order valence-corrected chi connectivity index (χ1v) is 5.81. The van der Waals surface area contributed by atoms with E-state index in [0.717, 1.165) is 16.6 Å². The largest absolute Gasteiger partial charge is 0.359 e. The quantitative estimate of drug-likeness (QED) is 0.758. The summed E-state index contributed by atoms with van der Waals surface area (Å²) in [4.78, 5) is 13.2. The fourth-order valence-corrected chi connectivity index (χ4v) is 2.05. The molecule has 0 bridgehead atoms. The number of nitrogens with zero attached hydrogens (tertiary/aromatic N) is 4. The van der Waals surface area contributed by atoms with Gasteiger partial charge in [-0.15, -0.1) is 0 Å². The molecular weight excluding hydrogens is 238 g/mol. The van der Waals surface area contributed by atoms with Gasteiger partial charge in [0.05, 0.1) is 5.69 Å². The first-order chi connectivity index (χ1) is 9.29. The van der Waals surface area contributed by atoms with Crippen molar-refractivity contribution in [2.45, 2.75) is 0 Å². The molecule has 19 heavy (non-hydrogen) atoms. The maximum atomic E-state index is 8.88. The summed E-state index contributed by atoms with van der Waals surface area (Å²) in [5.74, 6) is 0.691. The molecule has 0 fully saturated rings. The van der Waals surface area contributed by atoms with Gasteiger partial charge >= 0.3 is 0 Å². The zero-order chi connectivity index (χ0) is 13.2. The normalized spacial score (nSPS) is 10.3. The molecule has 5 heteroatoms. The molecule has 2 aromatic heterocycles. The monoisotopic (exact) mass is 249 g/mol. The van der Waals surface area contributed by atoms with E-state index in [0.29, 0.717) is 11.5 Å². The third-order valence-corrected chi connectivity index (χ3v) is 3.04. The van der Waals surface area contributed by atoms with Crippen molar-refractivity contribution in [3.63, 3.8) is 0 Å². The lowest BCUT2D eigenvalue weighted by molar-refractivity contribution is 1.07. The highest BCUT2D eigenvalue weighted by atomic mass is 15.2. The van der Waals surface area contributed by atoms with Crippen LogP contribution in [0.15, 0.2) is 42.9 Å². The highest BCUT2D eigenvalue weighted by Gasteiger charge is 2.11. The summed E-state index contributed by atoms with van der Waals surface area (Å²) in [6.07, 6.45) is 3.33. The molecule has 1 N–H and O–H groups in total. The molecule has 0 radical (unpaired) electrons. The van der Waals surface area contributed by atoms with Gasteiger partial charge in [0.2, 0.25) is 0 Å². The number of aromatic amines is 1. The van der Waals surface area contributed by atoms with Crippen LogP contribution in [0.5, 0.6) is 0 Å². The summed E-state index contributed by atoms with van der Waals surface area (Å²) >= 11 is 0. The Morgan fingerprint density at radius 2 is 2.11 bits per heavy atom. The number of fused-ring (bicyclic) bond motifs is 1. The molecule has 1 aromatic carbocycles. The van der Waals surface area contributed by atoms with Gasteiger partial charge in [-0.2, -0.15) is 5.26 Å². The van der Waals surface area contributed by atoms with Crippen molar-refractivity contribution in [2.24, 2.45) is 0 Å². The number of benzene rings is 1. The van der Waals surface area contributed by atoms with E-state index in [1.807, 2.05) is 48.5 Å². The third-order valence-electron chi connectivity index (χ3n) is 3.04. The number of hydrogen-bond donors (Lipinski definition) is 1. The predicted octanol–water partition coefficient (Wildman–Crippen LogP) is 2.60. The average molecular weight is 249 g/mol. The van der Waals surface area contributed by atoms with Crippen LogP contribution in [0.25, 0.3) is 10.9 Å². The molecule has 0 aliphatic rings. The van der Waals surface area contributed by atoms with Gasteiger partial charge in [-0.1, -0.05) is 18.2 Å². The molecule has 2 heterocycles. The average Bonchev–Trinajstić information content (AvgIpc) is 2.90. The second-order valence-corrected chi connectivity index (χ2v) is 4.15. The van der Waals surface area contributed by atoms with Crippen molar-refractivity contribution in [1.29, 1.82) is 5.26 Å². The number of nitrogens with one attached hydrogen (secondary N) is 1. The summed E-state index contributed by atoms with van der Waals surface area (Å²) in [6.45, 7) is 0.